The number of ketones is 2. The number of fused-ring (bicyclic) bond motifs is 5. The first-order valence-corrected chi connectivity index (χ1v) is 9.70. The van der Waals surface area contributed by atoms with Gasteiger partial charge in [-0.1, -0.05) is 19.4 Å². The Balaban J connectivity index is 1.72. The van der Waals surface area contributed by atoms with Crippen LogP contribution >= 0.6 is 0 Å². The van der Waals surface area contributed by atoms with Gasteiger partial charge in [0.05, 0.1) is 6.10 Å². The number of allylic oxidation sites excluding steroid dienone is 1. The van der Waals surface area contributed by atoms with Crippen LogP contribution in [0.4, 0.5) is 0 Å². The maximum Gasteiger partial charge on any atom is 0.155 e. The van der Waals surface area contributed by atoms with Crippen molar-refractivity contribution in [3.8, 4) is 0 Å². The quantitative estimate of drug-likeness (QED) is 0.797. The van der Waals surface area contributed by atoms with E-state index in [0.29, 0.717) is 24.0 Å². The van der Waals surface area contributed by atoms with E-state index < -0.39 is 0 Å². The summed E-state index contributed by atoms with van der Waals surface area (Å²) in [6.45, 7) is 6.27. The molecule has 4 rings (SSSR count). The third kappa shape index (κ3) is 2.06. The van der Waals surface area contributed by atoms with E-state index in [2.05, 4.69) is 13.8 Å². The lowest BCUT2D eigenvalue weighted by atomic mass is 9.46. The molecule has 0 heterocycles. The van der Waals surface area contributed by atoms with Gasteiger partial charge in [0, 0.05) is 12.3 Å². The van der Waals surface area contributed by atoms with E-state index in [1.54, 1.807) is 6.92 Å². The molecule has 4 aliphatic carbocycles. The Hall–Kier alpha value is -0.960. The second-order valence-electron chi connectivity index (χ2n) is 9.41. The molecule has 3 saturated carbocycles. The van der Waals surface area contributed by atoms with Crippen molar-refractivity contribution < 1.29 is 14.7 Å². The Labute approximate surface area is 144 Å². The second kappa shape index (κ2) is 5.27. The molecule has 0 aromatic rings. The summed E-state index contributed by atoms with van der Waals surface area (Å²) in [5.41, 5.74) is 1.23. The fraction of sp³-hybridized carbons (Fsp3) is 0.810. The van der Waals surface area contributed by atoms with Gasteiger partial charge in [-0.05, 0) is 80.1 Å². The fourth-order valence-electron chi connectivity index (χ4n) is 7.35. The van der Waals surface area contributed by atoms with Gasteiger partial charge in [-0.2, -0.15) is 0 Å². The molecule has 132 valence electrons. The van der Waals surface area contributed by atoms with E-state index in [1.807, 2.05) is 6.08 Å². The molecule has 1 N–H and O–H groups in total. The highest BCUT2D eigenvalue weighted by atomic mass is 16.3. The molecule has 0 amide bonds. The first-order valence-electron chi connectivity index (χ1n) is 9.70. The first kappa shape index (κ1) is 16.5. The van der Waals surface area contributed by atoms with Crippen molar-refractivity contribution in [1.29, 1.82) is 0 Å². The first-order chi connectivity index (χ1) is 11.3. The van der Waals surface area contributed by atoms with Crippen molar-refractivity contribution in [1.82, 2.24) is 0 Å². The molecular weight excluding hydrogens is 300 g/mol. The normalized spacial score (nSPS) is 50.6. The Morgan fingerprint density at radius 2 is 1.96 bits per heavy atom. The molecular formula is C21H30O3. The number of Topliss-reactive ketones (excluding diaryl/α,β-unsaturated/α-hetero) is 1. The predicted octanol–water partition coefficient (Wildman–Crippen LogP) is 3.69. The van der Waals surface area contributed by atoms with Crippen LogP contribution in [0, 0.1) is 34.5 Å². The van der Waals surface area contributed by atoms with Crippen molar-refractivity contribution >= 4 is 11.6 Å². The largest absolute Gasteiger partial charge is 0.393 e. The number of aliphatic hydroxyl groups excluding tert-OH is 1. The van der Waals surface area contributed by atoms with Crippen LogP contribution in [0.15, 0.2) is 11.6 Å². The molecule has 3 nitrogen and oxygen atoms in total. The minimum Gasteiger partial charge on any atom is -0.393 e. The van der Waals surface area contributed by atoms with Gasteiger partial charge in [-0.25, -0.2) is 0 Å². The summed E-state index contributed by atoms with van der Waals surface area (Å²) in [5.74, 6) is 1.99. The van der Waals surface area contributed by atoms with E-state index >= 15 is 0 Å². The maximum absolute atomic E-state index is 12.2. The van der Waals surface area contributed by atoms with Gasteiger partial charge in [-0.15, -0.1) is 0 Å². The zero-order valence-electron chi connectivity index (χ0n) is 15.2. The second-order valence-corrected chi connectivity index (χ2v) is 9.41. The molecule has 0 aliphatic heterocycles. The standard InChI is InChI=1S/C21H30O3/c1-12(22)16-6-7-17-15-5-4-13-10-14(23)8-9-20(13,2)19(15)18(24)11-21(16,17)3/h10,15-19,24H,4-9,11H2,1-3H3/t15-,16-,17+,18-,19-,20-,21+/m0/s1. The van der Waals surface area contributed by atoms with Gasteiger partial charge in [0.25, 0.3) is 0 Å². The van der Waals surface area contributed by atoms with Crippen molar-refractivity contribution in [2.24, 2.45) is 34.5 Å². The van der Waals surface area contributed by atoms with Gasteiger partial charge >= 0.3 is 0 Å². The Kier molecular flexibility index (Phi) is 3.62. The van der Waals surface area contributed by atoms with Gasteiger partial charge in [0.2, 0.25) is 0 Å². The van der Waals surface area contributed by atoms with Crippen molar-refractivity contribution in [3.05, 3.63) is 11.6 Å². The van der Waals surface area contributed by atoms with Gasteiger partial charge < -0.3 is 5.11 Å². The monoisotopic (exact) mass is 330 g/mol. The van der Waals surface area contributed by atoms with Crippen LogP contribution in [-0.4, -0.2) is 22.8 Å². The Bertz CT molecular complexity index is 621. The van der Waals surface area contributed by atoms with Crippen molar-refractivity contribution in [3.63, 3.8) is 0 Å². The smallest absolute Gasteiger partial charge is 0.155 e. The molecule has 0 spiro atoms. The van der Waals surface area contributed by atoms with E-state index in [-0.39, 0.29) is 34.6 Å². The van der Waals surface area contributed by atoms with E-state index in [4.69, 9.17) is 0 Å². The summed E-state index contributed by atoms with van der Waals surface area (Å²) in [6, 6.07) is 0. The van der Waals surface area contributed by atoms with Crippen LogP contribution < -0.4 is 0 Å². The minimum absolute atomic E-state index is 0.0219. The van der Waals surface area contributed by atoms with Crippen LogP contribution in [0.2, 0.25) is 0 Å². The molecule has 0 saturated heterocycles. The number of hydrogen-bond acceptors (Lipinski definition) is 3. The molecule has 0 aromatic carbocycles. The van der Waals surface area contributed by atoms with Gasteiger partial charge in [-0.3, -0.25) is 9.59 Å². The summed E-state index contributed by atoms with van der Waals surface area (Å²) in [4.78, 5) is 24.0. The summed E-state index contributed by atoms with van der Waals surface area (Å²) >= 11 is 0. The summed E-state index contributed by atoms with van der Waals surface area (Å²) < 4.78 is 0. The number of aliphatic hydroxyl groups is 1. The Morgan fingerprint density at radius 3 is 2.67 bits per heavy atom. The highest BCUT2D eigenvalue weighted by Gasteiger charge is 2.62. The molecule has 0 unspecified atom stereocenters. The van der Waals surface area contributed by atoms with Crippen LogP contribution in [0.5, 0.6) is 0 Å². The summed E-state index contributed by atoms with van der Waals surface area (Å²) in [7, 11) is 0. The lowest BCUT2D eigenvalue weighted by Gasteiger charge is -2.59. The topological polar surface area (TPSA) is 54.4 Å². The third-order valence-electron chi connectivity index (χ3n) is 8.38. The molecule has 4 aliphatic rings. The number of hydrogen-bond donors (Lipinski definition) is 1. The minimum atomic E-state index is -0.349. The number of carbonyl (C=O) groups is 2. The van der Waals surface area contributed by atoms with Crippen molar-refractivity contribution in [2.45, 2.75) is 71.8 Å². The molecule has 0 aromatic heterocycles. The highest BCUT2D eigenvalue weighted by Crippen LogP contribution is 2.66. The van der Waals surface area contributed by atoms with Gasteiger partial charge in [0.15, 0.2) is 5.78 Å². The number of rotatable bonds is 1. The molecule has 7 atom stereocenters. The molecule has 0 bridgehead atoms. The van der Waals surface area contributed by atoms with Crippen LogP contribution in [0.25, 0.3) is 0 Å². The van der Waals surface area contributed by atoms with Crippen LogP contribution in [0.3, 0.4) is 0 Å². The summed E-state index contributed by atoms with van der Waals surface area (Å²) in [5, 5.41) is 11.2. The number of carbonyl (C=O) groups excluding carboxylic acids is 2. The lowest BCUT2D eigenvalue weighted by Crippen LogP contribution is -2.56. The van der Waals surface area contributed by atoms with E-state index in [9.17, 15) is 14.7 Å². The average Bonchev–Trinajstić information content (AvgIpc) is 2.84. The zero-order chi connectivity index (χ0) is 17.3. The SMILES string of the molecule is CC(=O)[C@@H]1CC[C@@H]2[C@@H]3CCC4=CC(=O)CC[C@]4(C)[C@@H]3[C@@H](O)C[C@@]21C. The van der Waals surface area contributed by atoms with Crippen LogP contribution in [0.1, 0.15) is 65.7 Å². The van der Waals surface area contributed by atoms with E-state index in [1.165, 1.54) is 5.57 Å². The fourth-order valence-corrected chi connectivity index (χ4v) is 7.35. The summed E-state index contributed by atoms with van der Waals surface area (Å²) in [6.07, 6.45) is 7.97. The predicted molar refractivity (Wildman–Crippen MR) is 92.3 cm³/mol. The molecule has 0 radical (unpaired) electrons. The average molecular weight is 330 g/mol. The third-order valence-corrected chi connectivity index (χ3v) is 8.38. The highest BCUT2D eigenvalue weighted by molar-refractivity contribution is 5.91. The molecule has 24 heavy (non-hydrogen) atoms. The van der Waals surface area contributed by atoms with Crippen LogP contribution in [-0.2, 0) is 9.59 Å². The molecule has 3 fully saturated rings. The Morgan fingerprint density at radius 1 is 1.21 bits per heavy atom. The lowest BCUT2D eigenvalue weighted by molar-refractivity contribution is -0.143. The molecule has 3 heteroatoms. The van der Waals surface area contributed by atoms with Gasteiger partial charge in [0.1, 0.15) is 5.78 Å². The van der Waals surface area contributed by atoms with Crippen molar-refractivity contribution in [2.75, 3.05) is 0 Å². The maximum atomic E-state index is 12.2. The van der Waals surface area contributed by atoms with E-state index in [0.717, 1.165) is 38.5 Å². The zero-order valence-corrected chi connectivity index (χ0v) is 15.2.